The predicted octanol–water partition coefficient (Wildman–Crippen LogP) is 2.27. The lowest BCUT2D eigenvalue weighted by molar-refractivity contribution is 1.44. The second kappa shape index (κ2) is 3.80. The maximum Gasteiger partial charge on any atom is 0.0337 e. The zero-order valence-corrected chi connectivity index (χ0v) is 8.59. The third-order valence-corrected chi connectivity index (χ3v) is 3.08. The zero-order valence-electron chi connectivity index (χ0n) is 7.59. The van der Waals surface area contributed by atoms with Gasteiger partial charge in [-0.1, -0.05) is 12.1 Å². The van der Waals surface area contributed by atoms with Crippen molar-refractivity contribution in [1.29, 1.82) is 0 Å². The van der Waals surface area contributed by atoms with Crippen molar-refractivity contribution in [2.24, 2.45) is 0 Å². The maximum atomic E-state index is 3.25. The highest BCUT2D eigenvalue weighted by molar-refractivity contribution is 7.37. The average Bonchev–Trinajstić information content (AvgIpc) is 2.71. The minimum atomic E-state index is 0.854. The predicted molar refractivity (Wildman–Crippen MR) is 60.3 cm³/mol. The summed E-state index contributed by atoms with van der Waals surface area (Å²) in [4.78, 5) is 0. The van der Waals surface area contributed by atoms with E-state index in [9.17, 15) is 0 Å². The second-order valence-electron chi connectivity index (χ2n) is 2.99. The first kappa shape index (κ1) is 8.58. The molecule has 1 atom stereocenters. The molecule has 1 aliphatic rings. The number of benzene rings is 1. The van der Waals surface area contributed by atoms with Gasteiger partial charge in [0.05, 0.1) is 0 Å². The Kier molecular flexibility index (Phi) is 2.51. The van der Waals surface area contributed by atoms with Crippen molar-refractivity contribution >= 4 is 20.0 Å². The van der Waals surface area contributed by atoms with E-state index in [-0.39, 0.29) is 0 Å². The lowest BCUT2D eigenvalue weighted by Crippen LogP contribution is -1.88. The van der Waals surface area contributed by atoms with Crippen molar-refractivity contribution in [2.45, 2.75) is 0 Å². The molecule has 68 valence electrons. The first-order chi connectivity index (χ1) is 6.40. The summed E-state index contributed by atoms with van der Waals surface area (Å²) in [6.07, 6.45) is 3.28. The van der Waals surface area contributed by atoms with Gasteiger partial charge < -0.3 is 10.4 Å². The Morgan fingerprint density at radius 3 is 2.62 bits per heavy atom. The van der Waals surface area contributed by atoms with Crippen LogP contribution in [0.4, 0.5) is 5.69 Å². The minimum absolute atomic E-state index is 0.854. The SMILES string of the molecule is CNc1ccc(C2=CNPC2)cc1. The van der Waals surface area contributed by atoms with Crippen molar-refractivity contribution in [3.8, 4) is 0 Å². The van der Waals surface area contributed by atoms with Crippen molar-refractivity contribution < 1.29 is 0 Å². The van der Waals surface area contributed by atoms with Crippen LogP contribution in [-0.4, -0.2) is 13.2 Å². The van der Waals surface area contributed by atoms with Crippen molar-refractivity contribution in [3.63, 3.8) is 0 Å². The molecular formula is C10H13N2P. The van der Waals surface area contributed by atoms with Gasteiger partial charge in [-0.25, -0.2) is 0 Å². The van der Waals surface area contributed by atoms with Crippen LogP contribution in [0.25, 0.3) is 5.57 Å². The molecule has 1 aliphatic heterocycles. The summed E-state index contributed by atoms with van der Waals surface area (Å²) in [6.45, 7) is 0. The van der Waals surface area contributed by atoms with Gasteiger partial charge in [-0.2, -0.15) is 0 Å². The highest BCUT2D eigenvalue weighted by Gasteiger charge is 2.05. The minimum Gasteiger partial charge on any atom is -0.388 e. The number of anilines is 1. The number of hydrogen-bond donors (Lipinski definition) is 2. The average molecular weight is 192 g/mol. The quantitative estimate of drug-likeness (QED) is 0.702. The van der Waals surface area contributed by atoms with Crippen LogP contribution in [0.5, 0.6) is 0 Å². The highest BCUT2D eigenvalue weighted by Crippen LogP contribution is 2.26. The highest BCUT2D eigenvalue weighted by atomic mass is 31.1. The fraction of sp³-hybridized carbons (Fsp3) is 0.200. The van der Waals surface area contributed by atoms with Crippen LogP contribution in [-0.2, 0) is 0 Å². The Labute approximate surface area is 80.3 Å². The molecule has 0 spiro atoms. The first-order valence-corrected chi connectivity index (χ1v) is 5.56. The van der Waals surface area contributed by atoms with Crippen molar-refractivity contribution in [1.82, 2.24) is 5.09 Å². The molecule has 1 aromatic rings. The van der Waals surface area contributed by atoms with Gasteiger partial charge in [-0.05, 0) is 32.0 Å². The van der Waals surface area contributed by atoms with Gasteiger partial charge in [0.1, 0.15) is 0 Å². The Morgan fingerprint density at radius 2 is 2.08 bits per heavy atom. The van der Waals surface area contributed by atoms with Crippen LogP contribution in [0.2, 0.25) is 0 Å². The number of allylic oxidation sites excluding steroid dienone is 1. The molecule has 3 heteroatoms. The van der Waals surface area contributed by atoms with Gasteiger partial charge in [0, 0.05) is 25.1 Å². The largest absolute Gasteiger partial charge is 0.388 e. The fourth-order valence-corrected chi connectivity index (χ4v) is 2.25. The maximum absolute atomic E-state index is 3.25. The Balaban J connectivity index is 2.22. The molecule has 0 aromatic heterocycles. The summed E-state index contributed by atoms with van der Waals surface area (Å²) in [5, 5.41) is 6.36. The van der Waals surface area contributed by atoms with Crippen molar-refractivity contribution in [2.75, 3.05) is 18.5 Å². The van der Waals surface area contributed by atoms with E-state index in [4.69, 9.17) is 0 Å². The summed E-state index contributed by atoms with van der Waals surface area (Å²) in [5.41, 5.74) is 3.91. The molecule has 0 radical (unpaired) electrons. The summed E-state index contributed by atoms with van der Waals surface area (Å²) in [5.74, 6) is 0. The van der Waals surface area contributed by atoms with Crippen LogP contribution >= 0.6 is 8.73 Å². The lowest BCUT2D eigenvalue weighted by atomic mass is 10.1. The van der Waals surface area contributed by atoms with Crippen LogP contribution in [0, 0.1) is 0 Å². The van der Waals surface area contributed by atoms with E-state index >= 15 is 0 Å². The number of hydrogen-bond acceptors (Lipinski definition) is 2. The molecule has 0 saturated carbocycles. The Hall–Kier alpha value is -1.01. The van der Waals surface area contributed by atoms with E-state index in [1.807, 2.05) is 7.05 Å². The third kappa shape index (κ3) is 1.84. The molecule has 0 saturated heterocycles. The molecule has 1 aromatic carbocycles. The van der Waals surface area contributed by atoms with Crippen LogP contribution in [0.15, 0.2) is 30.5 Å². The number of nitrogens with one attached hydrogen (secondary N) is 2. The van der Waals surface area contributed by atoms with Crippen LogP contribution in [0.3, 0.4) is 0 Å². The fourth-order valence-electron chi connectivity index (χ4n) is 1.37. The van der Waals surface area contributed by atoms with E-state index < -0.39 is 0 Å². The Morgan fingerprint density at radius 1 is 1.31 bits per heavy atom. The summed E-state index contributed by atoms with van der Waals surface area (Å²) in [7, 11) is 2.79. The van der Waals surface area contributed by atoms with Crippen LogP contribution in [0.1, 0.15) is 5.56 Å². The van der Waals surface area contributed by atoms with Gasteiger partial charge in [0.15, 0.2) is 0 Å². The molecule has 0 bridgehead atoms. The van der Waals surface area contributed by atoms with Crippen molar-refractivity contribution in [3.05, 3.63) is 36.0 Å². The van der Waals surface area contributed by atoms with E-state index in [1.165, 1.54) is 17.3 Å². The molecule has 1 unspecified atom stereocenters. The van der Waals surface area contributed by atoms with Crippen LogP contribution < -0.4 is 10.4 Å². The lowest BCUT2D eigenvalue weighted by Gasteiger charge is -2.03. The van der Waals surface area contributed by atoms with Gasteiger partial charge >= 0.3 is 0 Å². The molecule has 13 heavy (non-hydrogen) atoms. The van der Waals surface area contributed by atoms with E-state index in [0.29, 0.717) is 0 Å². The van der Waals surface area contributed by atoms with Gasteiger partial charge in [0.2, 0.25) is 0 Å². The van der Waals surface area contributed by atoms with Gasteiger partial charge in [-0.15, -0.1) is 0 Å². The summed E-state index contributed by atoms with van der Waals surface area (Å²) < 4.78 is 0. The first-order valence-electron chi connectivity index (χ1n) is 4.36. The molecule has 0 amide bonds. The molecule has 1 heterocycles. The van der Waals surface area contributed by atoms with Gasteiger partial charge in [-0.3, -0.25) is 0 Å². The van der Waals surface area contributed by atoms with E-state index in [1.54, 1.807) is 0 Å². The summed E-state index contributed by atoms with van der Waals surface area (Å²) >= 11 is 0. The van der Waals surface area contributed by atoms with E-state index in [0.717, 1.165) is 14.4 Å². The molecule has 2 nitrogen and oxygen atoms in total. The third-order valence-electron chi connectivity index (χ3n) is 2.17. The van der Waals surface area contributed by atoms with Gasteiger partial charge in [0.25, 0.3) is 0 Å². The topological polar surface area (TPSA) is 24.1 Å². The number of rotatable bonds is 2. The van der Waals surface area contributed by atoms with E-state index in [2.05, 4.69) is 40.9 Å². The second-order valence-corrected chi connectivity index (χ2v) is 3.99. The Bertz CT molecular complexity index is 316. The molecule has 0 fully saturated rings. The molecule has 2 N–H and O–H groups in total. The molecule has 0 aliphatic carbocycles. The normalized spacial score (nSPS) is 16.8. The zero-order chi connectivity index (χ0) is 9.10. The molecule has 2 rings (SSSR count). The molecular weight excluding hydrogens is 179 g/mol. The standard InChI is InChI=1S/C10H13N2P/c1-11-10-4-2-8(3-5-10)9-6-12-13-7-9/h2-6,11-13H,7H2,1H3. The smallest absolute Gasteiger partial charge is 0.0337 e. The summed E-state index contributed by atoms with van der Waals surface area (Å²) in [6, 6.07) is 8.54. The monoisotopic (exact) mass is 192 g/mol.